The normalized spacial score (nSPS) is 14.5. The standard InChI is InChI=1S/C13H9NO4S/c15-12-8-6-11(7-9-12)14-19(17,18)13(16)10-4-2-1-3-5-10/h1-9H. The maximum absolute atomic E-state index is 11.8. The van der Waals surface area contributed by atoms with Crippen molar-refractivity contribution in [3.8, 4) is 0 Å². The van der Waals surface area contributed by atoms with E-state index < -0.39 is 15.1 Å². The topological polar surface area (TPSA) is 80.6 Å². The van der Waals surface area contributed by atoms with Crippen LogP contribution in [-0.4, -0.2) is 25.0 Å². The molecule has 19 heavy (non-hydrogen) atoms. The lowest BCUT2D eigenvalue weighted by Gasteiger charge is -2.01. The molecule has 0 amide bonds. The highest BCUT2D eigenvalue weighted by Gasteiger charge is 2.23. The molecule has 0 aliphatic heterocycles. The number of nitrogens with zero attached hydrogens (tertiary/aromatic N) is 1. The van der Waals surface area contributed by atoms with Crippen molar-refractivity contribution in [3.63, 3.8) is 0 Å². The van der Waals surface area contributed by atoms with E-state index in [-0.39, 0.29) is 17.1 Å². The van der Waals surface area contributed by atoms with Gasteiger partial charge in [0.2, 0.25) is 0 Å². The quantitative estimate of drug-likeness (QED) is 0.762. The molecule has 0 radical (unpaired) electrons. The molecule has 0 aromatic heterocycles. The van der Waals surface area contributed by atoms with E-state index in [1.807, 2.05) is 0 Å². The van der Waals surface area contributed by atoms with Crippen LogP contribution in [0.15, 0.2) is 59.0 Å². The SMILES string of the molecule is O=C1C=CC(=NS(=O)(=O)C(=O)c2ccccc2)C=C1. The van der Waals surface area contributed by atoms with Gasteiger partial charge in [0.1, 0.15) is 0 Å². The van der Waals surface area contributed by atoms with Crippen molar-refractivity contribution in [2.24, 2.45) is 4.40 Å². The van der Waals surface area contributed by atoms with Gasteiger partial charge in [0, 0.05) is 5.56 Å². The van der Waals surface area contributed by atoms with Crippen molar-refractivity contribution in [2.45, 2.75) is 0 Å². The number of ketones is 1. The molecular weight excluding hydrogens is 266 g/mol. The Labute approximate surface area is 110 Å². The van der Waals surface area contributed by atoms with Gasteiger partial charge in [-0.2, -0.15) is 12.8 Å². The van der Waals surface area contributed by atoms with E-state index in [0.29, 0.717) is 0 Å². The average Bonchev–Trinajstić information content (AvgIpc) is 2.41. The molecule has 6 heteroatoms. The maximum atomic E-state index is 11.8. The van der Waals surface area contributed by atoms with Crippen molar-refractivity contribution >= 4 is 26.6 Å². The van der Waals surface area contributed by atoms with Crippen LogP contribution in [0.4, 0.5) is 0 Å². The van der Waals surface area contributed by atoms with Crippen LogP contribution in [0.1, 0.15) is 10.4 Å². The third-order valence-electron chi connectivity index (χ3n) is 2.31. The van der Waals surface area contributed by atoms with Crippen LogP contribution in [0.3, 0.4) is 0 Å². The maximum Gasteiger partial charge on any atom is 0.321 e. The molecule has 0 saturated carbocycles. The van der Waals surface area contributed by atoms with Gasteiger partial charge in [0.25, 0.3) is 5.12 Å². The van der Waals surface area contributed by atoms with Crippen LogP contribution in [-0.2, 0) is 14.8 Å². The second kappa shape index (κ2) is 5.11. The summed E-state index contributed by atoms with van der Waals surface area (Å²) in [5, 5.41) is -1.07. The molecule has 0 bridgehead atoms. The van der Waals surface area contributed by atoms with E-state index in [1.54, 1.807) is 18.2 Å². The van der Waals surface area contributed by atoms with E-state index in [0.717, 1.165) is 0 Å². The lowest BCUT2D eigenvalue weighted by Crippen LogP contribution is -2.14. The fraction of sp³-hybridized carbons (Fsp3) is 0. The molecule has 0 N–H and O–H groups in total. The van der Waals surface area contributed by atoms with E-state index in [1.165, 1.54) is 36.4 Å². The van der Waals surface area contributed by atoms with Crippen LogP contribution < -0.4 is 0 Å². The zero-order valence-electron chi connectivity index (χ0n) is 9.68. The van der Waals surface area contributed by atoms with Gasteiger partial charge in [0.15, 0.2) is 5.78 Å². The van der Waals surface area contributed by atoms with Gasteiger partial charge in [-0.15, -0.1) is 0 Å². The number of sulfonamides is 1. The third-order valence-corrected chi connectivity index (χ3v) is 3.46. The van der Waals surface area contributed by atoms with Crippen molar-refractivity contribution in [1.82, 2.24) is 0 Å². The first-order valence-electron chi connectivity index (χ1n) is 5.33. The number of rotatable bonds is 2. The molecule has 1 aromatic carbocycles. The Kier molecular flexibility index (Phi) is 3.52. The van der Waals surface area contributed by atoms with E-state index >= 15 is 0 Å². The largest absolute Gasteiger partial charge is 0.321 e. The molecule has 0 saturated heterocycles. The molecule has 2 rings (SSSR count). The summed E-state index contributed by atoms with van der Waals surface area (Å²) in [5.74, 6) is -0.259. The number of benzene rings is 1. The van der Waals surface area contributed by atoms with Gasteiger partial charge in [-0.1, -0.05) is 30.3 Å². The van der Waals surface area contributed by atoms with E-state index in [9.17, 15) is 18.0 Å². The summed E-state index contributed by atoms with van der Waals surface area (Å²) in [7, 11) is -4.30. The summed E-state index contributed by atoms with van der Waals surface area (Å²) in [6.07, 6.45) is 4.86. The Morgan fingerprint density at radius 1 is 0.947 bits per heavy atom. The highest BCUT2D eigenvalue weighted by Crippen LogP contribution is 2.09. The molecule has 0 atom stereocenters. The summed E-state index contributed by atoms with van der Waals surface area (Å²) in [4.78, 5) is 22.7. The lowest BCUT2D eigenvalue weighted by molar-refractivity contribution is -0.110. The van der Waals surface area contributed by atoms with Gasteiger partial charge in [-0.05, 0) is 24.3 Å². The smallest absolute Gasteiger partial charge is 0.290 e. The third kappa shape index (κ3) is 3.11. The number of hydrogen-bond donors (Lipinski definition) is 0. The molecule has 0 heterocycles. The van der Waals surface area contributed by atoms with Crippen LogP contribution in [0, 0.1) is 0 Å². The Hall–Kier alpha value is -2.34. The molecule has 96 valence electrons. The fourth-order valence-corrected chi connectivity index (χ4v) is 2.33. The average molecular weight is 275 g/mol. The van der Waals surface area contributed by atoms with Crippen molar-refractivity contribution in [3.05, 3.63) is 60.2 Å². The van der Waals surface area contributed by atoms with Crippen molar-refractivity contribution in [1.29, 1.82) is 0 Å². The van der Waals surface area contributed by atoms with Crippen LogP contribution >= 0.6 is 0 Å². The van der Waals surface area contributed by atoms with Gasteiger partial charge in [-0.3, -0.25) is 9.59 Å². The fourth-order valence-electron chi connectivity index (χ4n) is 1.41. The lowest BCUT2D eigenvalue weighted by atomic mass is 10.2. The first-order chi connectivity index (χ1) is 8.99. The summed E-state index contributed by atoms with van der Waals surface area (Å²) in [6.45, 7) is 0. The van der Waals surface area contributed by atoms with Crippen LogP contribution in [0.25, 0.3) is 0 Å². The van der Waals surface area contributed by atoms with Gasteiger partial charge >= 0.3 is 10.0 Å². The Morgan fingerprint density at radius 2 is 1.53 bits per heavy atom. The first-order valence-corrected chi connectivity index (χ1v) is 6.77. The first kappa shape index (κ1) is 13.1. The van der Waals surface area contributed by atoms with Gasteiger partial charge < -0.3 is 0 Å². The minimum atomic E-state index is -4.30. The van der Waals surface area contributed by atoms with E-state index in [4.69, 9.17) is 0 Å². The molecule has 5 nitrogen and oxygen atoms in total. The summed E-state index contributed by atoms with van der Waals surface area (Å²) >= 11 is 0. The number of carbonyl (C=O) groups is 2. The zero-order chi connectivity index (χ0) is 13.9. The second-order valence-corrected chi connectivity index (χ2v) is 5.22. The highest BCUT2D eigenvalue weighted by molar-refractivity contribution is 8.05. The number of carbonyl (C=O) groups excluding carboxylic acids is 2. The Morgan fingerprint density at radius 3 is 2.11 bits per heavy atom. The Bertz CT molecular complexity index is 694. The molecule has 0 fully saturated rings. The van der Waals surface area contributed by atoms with E-state index in [2.05, 4.69) is 4.40 Å². The summed E-state index contributed by atoms with van der Waals surface area (Å²) < 4.78 is 27.0. The van der Waals surface area contributed by atoms with Gasteiger partial charge in [-0.25, -0.2) is 0 Å². The molecule has 1 aliphatic rings. The van der Waals surface area contributed by atoms with Gasteiger partial charge in [0.05, 0.1) is 5.71 Å². The molecular formula is C13H9NO4S. The Balaban J connectivity index is 2.32. The minimum absolute atomic E-state index is 0.0453. The van der Waals surface area contributed by atoms with Crippen LogP contribution in [0.5, 0.6) is 0 Å². The predicted molar refractivity (Wildman–Crippen MR) is 70.4 cm³/mol. The monoisotopic (exact) mass is 275 g/mol. The van der Waals surface area contributed by atoms with Crippen molar-refractivity contribution in [2.75, 3.05) is 0 Å². The zero-order valence-corrected chi connectivity index (χ0v) is 10.5. The van der Waals surface area contributed by atoms with Crippen molar-refractivity contribution < 1.29 is 18.0 Å². The molecule has 1 aromatic rings. The highest BCUT2D eigenvalue weighted by atomic mass is 32.2. The minimum Gasteiger partial charge on any atom is -0.290 e. The number of allylic oxidation sites excluding steroid dienone is 4. The second-order valence-electron chi connectivity index (χ2n) is 3.71. The molecule has 0 spiro atoms. The number of hydrogen-bond acceptors (Lipinski definition) is 4. The molecule has 1 aliphatic carbocycles. The predicted octanol–water partition coefficient (Wildman–Crippen LogP) is 1.29. The van der Waals surface area contributed by atoms with Crippen LogP contribution in [0.2, 0.25) is 0 Å². The molecule has 0 unspecified atom stereocenters. The summed E-state index contributed by atoms with van der Waals surface area (Å²) in [5.41, 5.74) is 0.0931. The summed E-state index contributed by atoms with van der Waals surface area (Å²) in [6, 6.07) is 7.60.